The number of fused-ring (bicyclic) bond motifs is 1. The molecule has 0 unspecified atom stereocenters. The maximum atomic E-state index is 12.4. The highest BCUT2D eigenvalue weighted by molar-refractivity contribution is 7.80. The summed E-state index contributed by atoms with van der Waals surface area (Å²) in [6.07, 6.45) is 0.947. The van der Waals surface area contributed by atoms with Gasteiger partial charge in [0.25, 0.3) is 5.91 Å². The van der Waals surface area contributed by atoms with Gasteiger partial charge in [0.05, 0.1) is 0 Å². The number of rotatable bonds is 4. The number of carbonyl (C=O) groups is 1. The van der Waals surface area contributed by atoms with Crippen LogP contribution in [-0.2, 0) is 6.42 Å². The Bertz CT molecular complexity index is 1280. The van der Waals surface area contributed by atoms with Crippen LogP contribution in [0, 0.1) is 13.8 Å². The monoisotopic (exact) mass is 429 g/mol. The quantitative estimate of drug-likeness (QED) is 0.401. The van der Waals surface area contributed by atoms with Crippen molar-refractivity contribution in [1.82, 2.24) is 10.3 Å². The second kappa shape index (κ2) is 8.70. The summed E-state index contributed by atoms with van der Waals surface area (Å²) in [5.74, 6) is 0.290. The fourth-order valence-corrected chi connectivity index (χ4v) is 3.44. The Labute approximate surface area is 186 Å². The number of aryl methyl sites for hydroxylation is 3. The van der Waals surface area contributed by atoms with Crippen LogP contribution in [0.3, 0.4) is 0 Å². The molecule has 4 rings (SSSR count). The highest BCUT2D eigenvalue weighted by Crippen LogP contribution is 2.28. The Balaban J connectivity index is 1.53. The maximum Gasteiger partial charge on any atom is 0.257 e. The van der Waals surface area contributed by atoms with E-state index in [1.54, 1.807) is 12.1 Å². The highest BCUT2D eigenvalue weighted by Gasteiger charge is 2.12. The van der Waals surface area contributed by atoms with E-state index < -0.39 is 0 Å². The molecular formula is C25H23N3O2S. The lowest BCUT2D eigenvalue weighted by Crippen LogP contribution is -2.34. The lowest BCUT2D eigenvalue weighted by molar-refractivity contribution is 0.0977. The first-order valence-corrected chi connectivity index (χ1v) is 10.5. The summed E-state index contributed by atoms with van der Waals surface area (Å²) < 4.78 is 5.94. The van der Waals surface area contributed by atoms with E-state index in [-0.39, 0.29) is 11.0 Å². The molecule has 156 valence electrons. The molecule has 31 heavy (non-hydrogen) atoms. The van der Waals surface area contributed by atoms with E-state index in [2.05, 4.69) is 28.6 Å². The minimum atomic E-state index is -0.253. The van der Waals surface area contributed by atoms with Crippen LogP contribution in [0.4, 0.5) is 5.69 Å². The number of amides is 1. The van der Waals surface area contributed by atoms with Gasteiger partial charge in [-0.05, 0) is 80.0 Å². The molecule has 0 saturated heterocycles. The molecule has 0 radical (unpaired) electrons. The normalized spacial score (nSPS) is 10.8. The molecule has 0 saturated carbocycles. The molecule has 3 aromatic carbocycles. The van der Waals surface area contributed by atoms with Crippen molar-refractivity contribution < 1.29 is 9.21 Å². The van der Waals surface area contributed by atoms with Crippen molar-refractivity contribution in [1.29, 1.82) is 0 Å². The topological polar surface area (TPSA) is 67.2 Å². The molecule has 6 heteroatoms. The number of anilines is 1. The van der Waals surface area contributed by atoms with Gasteiger partial charge in [0.1, 0.15) is 5.52 Å². The van der Waals surface area contributed by atoms with Gasteiger partial charge in [-0.3, -0.25) is 10.1 Å². The van der Waals surface area contributed by atoms with Gasteiger partial charge in [-0.1, -0.05) is 36.8 Å². The van der Waals surface area contributed by atoms with E-state index >= 15 is 0 Å². The van der Waals surface area contributed by atoms with Gasteiger partial charge < -0.3 is 9.73 Å². The van der Waals surface area contributed by atoms with Crippen molar-refractivity contribution in [3.63, 3.8) is 0 Å². The first-order valence-electron chi connectivity index (χ1n) is 10.1. The zero-order chi connectivity index (χ0) is 22.0. The first-order chi connectivity index (χ1) is 14.9. The second-order valence-electron chi connectivity index (χ2n) is 7.48. The molecule has 0 atom stereocenters. The number of nitrogens with zero attached hydrogens (tertiary/aromatic N) is 1. The molecule has 1 aromatic heterocycles. The SMILES string of the molecule is CCc1ccc2oc(-c3ccc(C)c(NC(=S)NC(=O)c4ccc(C)cc4)c3)nc2c1. The third-order valence-electron chi connectivity index (χ3n) is 5.13. The number of oxazole rings is 1. The van der Waals surface area contributed by atoms with Crippen LogP contribution in [-0.4, -0.2) is 16.0 Å². The van der Waals surface area contributed by atoms with E-state index in [0.29, 0.717) is 11.5 Å². The average Bonchev–Trinajstić information content (AvgIpc) is 3.19. The number of nitrogens with one attached hydrogen (secondary N) is 2. The smallest absolute Gasteiger partial charge is 0.257 e. The first kappa shape index (κ1) is 20.8. The molecule has 4 aromatic rings. The fourth-order valence-electron chi connectivity index (χ4n) is 3.24. The van der Waals surface area contributed by atoms with Crippen molar-refractivity contribution in [3.8, 4) is 11.5 Å². The van der Waals surface area contributed by atoms with Crippen LogP contribution < -0.4 is 10.6 Å². The minimum Gasteiger partial charge on any atom is -0.436 e. The maximum absolute atomic E-state index is 12.4. The van der Waals surface area contributed by atoms with Gasteiger partial charge in [0.2, 0.25) is 5.89 Å². The third-order valence-corrected chi connectivity index (χ3v) is 5.34. The van der Waals surface area contributed by atoms with Crippen LogP contribution in [0.25, 0.3) is 22.6 Å². The number of hydrogen-bond acceptors (Lipinski definition) is 4. The lowest BCUT2D eigenvalue weighted by Gasteiger charge is -2.12. The van der Waals surface area contributed by atoms with Gasteiger partial charge in [0, 0.05) is 16.8 Å². The van der Waals surface area contributed by atoms with E-state index in [1.807, 2.05) is 56.3 Å². The molecule has 1 amide bonds. The molecule has 2 N–H and O–H groups in total. The standard InChI is InChI=1S/C25H23N3O2S/c1-4-17-8-12-22-21(13-17)26-24(30-22)19-11-7-16(3)20(14-19)27-25(31)28-23(29)18-9-5-15(2)6-10-18/h5-14H,4H2,1-3H3,(H2,27,28,29,31). The number of carbonyl (C=O) groups excluding carboxylic acids is 1. The van der Waals surface area contributed by atoms with E-state index in [9.17, 15) is 4.79 Å². The number of hydrogen-bond donors (Lipinski definition) is 2. The van der Waals surface area contributed by atoms with Gasteiger partial charge in [0.15, 0.2) is 10.7 Å². The molecule has 0 aliphatic carbocycles. The summed E-state index contributed by atoms with van der Waals surface area (Å²) in [5, 5.41) is 6.07. The van der Waals surface area contributed by atoms with Gasteiger partial charge >= 0.3 is 0 Å². The molecule has 0 spiro atoms. The Morgan fingerprint density at radius 3 is 2.55 bits per heavy atom. The Kier molecular flexibility index (Phi) is 5.82. The zero-order valence-electron chi connectivity index (χ0n) is 17.7. The van der Waals surface area contributed by atoms with E-state index in [1.165, 1.54) is 5.56 Å². The summed E-state index contributed by atoms with van der Waals surface area (Å²) in [7, 11) is 0. The van der Waals surface area contributed by atoms with Gasteiger partial charge in [-0.15, -0.1) is 0 Å². The molecule has 0 aliphatic rings. The molecule has 0 bridgehead atoms. The number of thiocarbonyl (C=S) groups is 1. The van der Waals surface area contributed by atoms with E-state index in [4.69, 9.17) is 16.6 Å². The predicted octanol–water partition coefficient (Wildman–Crippen LogP) is 5.80. The molecule has 1 heterocycles. The number of aromatic nitrogens is 1. The minimum absolute atomic E-state index is 0.232. The van der Waals surface area contributed by atoms with Crippen LogP contribution in [0.2, 0.25) is 0 Å². The Morgan fingerprint density at radius 1 is 1.03 bits per heavy atom. The Morgan fingerprint density at radius 2 is 1.81 bits per heavy atom. The van der Waals surface area contributed by atoms with Crippen molar-refractivity contribution in [3.05, 3.63) is 82.9 Å². The third kappa shape index (κ3) is 4.64. The van der Waals surface area contributed by atoms with Crippen molar-refractivity contribution >= 4 is 40.0 Å². The molecule has 0 aliphatic heterocycles. The van der Waals surface area contributed by atoms with Crippen molar-refractivity contribution in [2.75, 3.05) is 5.32 Å². The Hall–Kier alpha value is -3.51. The van der Waals surface area contributed by atoms with Gasteiger partial charge in [-0.25, -0.2) is 4.98 Å². The zero-order valence-corrected chi connectivity index (χ0v) is 18.5. The van der Waals surface area contributed by atoms with Crippen LogP contribution in [0.1, 0.15) is 34.0 Å². The summed E-state index contributed by atoms with van der Waals surface area (Å²) in [5.41, 5.74) is 7.05. The highest BCUT2D eigenvalue weighted by atomic mass is 32.1. The van der Waals surface area contributed by atoms with Crippen LogP contribution in [0.5, 0.6) is 0 Å². The predicted molar refractivity (Wildman–Crippen MR) is 128 cm³/mol. The number of benzene rings is 3. The lowest BCUT2D eigenvalue weighted by atomic mass is 10.1. The van der Waals surface area contributed by atoms with Crippen molar-refractivity contribution in [2.24, 2.45) is 0 Å². The summed E-state index contributed by atoms with van der Waals surface area (Å²) in [6.45, 7) is 6.06. The summed E-state index contributed by atoms with van der Waals surface area (Å²) in [6, 6.07) is 19.2. The molecule has 5 nitrogen and oxygen atoms in total. The van der Waals surface area contributed by atoms with Crippen LogP contribution in [0.15, 0.2) is 65.1 Å². The average molecular weight is 430 g/mol. The van der Waals surface area contributed by atoms with E-state index in [0.717, 1.165) is 39.9 Å². The molecular weight excluding hydrogens is 406 g/mol. The molecule has 0 fully saturated rings. The van der Waals surface area contributed by atoms with Gasteiger partial charge in [-0.2, -0.15) is 0 Å². The summed E-state index contributed by atoms with van der Waals surface area (Å²) in [4.78, 5) is 17.1. The van der Waals surface area contributed by atoms with Crippen molar-refractivity contribution in [2.45, 2.75) is 27.2 Å². The largest absolute Gasteiger partial charge is 0.436 e. The van der Waals surface area contributed by atoms with Crippen LogP contribution >= 0.6 is 12.2 Å². The fraction of sp³-hybridized carbons (Fsp3) is 0.160. The second-order valence-corrected chi connectivity index (χ2v) is 7.89. The summed E-state index contributed by atoms with van der Waals surface area (Å²) >= 11 is 5.36.